The molecule has 1 atom stereocenters. The molecule has 0 aliphatic carbocycles. The van der Waals surface area contributed by atoms with E-state index in [1.54, 1.807) is 0 Å². The lowest BCUT2D eigenvalue weighted by atomic mass is 10.1. The lowest BCUT2D eigenvalue weighted by Gasteiger charge is -1.96. The molecule has 0 saturated carbocycles. The second kappa shape index (κ2) is 4.03. The van der Waals surface area contributed by atoms with Crippen LogP contribution in [-0.2, 0) is 9.59 Å². The molecule has 0 spiro atoms. The first kappa shape index (κ1) is 11.0. The number of carbonyl (C=O) groups excluding carboxylic acids is 1. The summed E-state index contributed by atoms with van der Waals surface area (Å²) >= 11 is 0. The first-order valence-electron chi connectivity index (χ1n) is 2.29. The van der Waals surface area contributed by atoms with Gasteiger partial charge in [-0.25, -0.2) is 0 Å². The number of carbonyl (C=O) groups is 2. The fourth-order valence-electron chi connectivity index (χ4n) is 0.174. The molecule has 0 aliphatic rings. The Morgan fingerprint density at radius 2 is 1.78 bits per heavy atom. The maximum atomic E-state index is 10.2. The number of rotatable bonds is 2. The molecule has 54 valence electrons. The Balaban J connectivity index is 0. The predicted octanol–water partition coefficient (Wildman–Crippen LogP) is -0.529. The van der Waals surface area contributed by atoms with Crippen molar-refractivity contribution in [2.75, 3.05) is 0 Å². The third-order valence-corrected chi connectivity index (χ3v) is 0.980. The molecule has 0 aromatic rings. The van der Waals surface area contributed by atoms with Crippen LogP contribution in [0.25, 0.3) is 0 Å². The summed E-state index contributed by atoms with van der Waals surface area (Å²) in [4.78, 5) is 20.1. The Morgan fingerprint density at radius 3 is 1.78 bits per heavy atom. The minimum atomic E-state index is -1.06. The molecule has 0 aromatic carbocycles. The first-order chi connectivity index (χ1) is 3.55. The molecule has 0 saturated heterocycles. The molecular formula is C5H10O4. The van der Waals surface area contributed by atoms with Gasteiger partial charge in [0.2, 0.25) is 0 Å². The van der Waals surface area contributed by atoms with Gasteiger partial charge in [0.05, 0.1) is 0 Å². The Morgan fingerprint density at radius 1 is 1.44 bits per heavy atom. The minimum absolute atomic E-state index is 0. The smallest absolute Gasteiger partial charge is 0.313 e. The average Bonchev–Trinajstić information content (AvgIpc) is 1.64. The van der Waals surface area contributed by atoms with Crippen LogP contribution in [0.3, 0.4) is 0 Å². The van der Waals surface area contributed by atoms with Gasteiger partial charge in [0.15, 0.2) is 0 Å². The Kier molecular flexibility index (Phi) is 4.91. The van der Waals surface area contributed by atoms with E-state index in [0.29, 0.717) is 0 Å². The summed E-state index contributed by atoms with van der Waals surface area (Å²) < 4.78 is 0. The highest BCUT2D eigenvalue weighted by Crippen LogP contribution is 1.93. The van der Waals surface area contributed by atoms with Gasteiger partial charge in [-0.3, -0.25) is 9.59 Å². The van der Waals surface area contributed by atoms with Gasteiger partial charge in [0.25, 0.3) is 0 Å². The zero-order chi connectivity index (χ0) is 6.73. The molecule has 0 heterocycles. The van der Waals surface area contributed by atoms with Crippen molar-refractivity contribution in [1.82, 2.24) is 0 Å². The van der Waals surface area contributed by atoms with Crippen molar-refractivity contribution in [1.29, 1.82) is 0 Å². The summed E-state index contributed by atoms with van der Waals surface area (Å²) in [7, 11) is 0. The summed E-state index contributed by atoms with van der Waals surface area (Å²) in [5.74, 6) is -2.22. The summed E-state index contributed by atoms with van der Waals surface area (Å²) in [6.07, 6.45) is 0. The number of carboxylic acid groups (broad SMARTS) is 1. The van der Waals surface area contributed by atoms with E-state index in [1.165, 1.54) is 13.8 Å². The van der Waals surface area contributed by atoms with Gasteiger partial charge < -0.3 is 10.6 Å². The topological polar surface area (TPSA) is 85.9 Å². The molecule has 9 heavy (non-hydrogen) atoms. The number of ketones is 1. The van der Waals surface area contributed by atoms with Gasteiger partial charge in [-0.05, 0) is 13.8 Å². The quantitative estimate of drug-likeness (QED) is 0.515. The lowest BCUT2D eigenvalue weighted by Crippen LogP contribution is -2.16. The molecule has 0 aromatic heterocycles. The van der Waals surface area contributed by atoms with Gasteiger partial charge in [0, 0.05) is 0 Å². The second-order valence-corrected chi connectivity index (χ2v) is 1.67. The van der Waals surface area contributed by atoms with Crippen LogP contribution < -0.4 is 0 Å². The molecule has 1 unspecified atom stereocenters. The number of carboxylic acids is 1. The van der Waals surface area contributed by atoms with E-state index in [-0.39, 0.29) is 11.3 Å². The van der Waals surface area contributed by atoms with Crippen LogP contribution >= 0.6 is 0 Å². The molecule has 0 aliphatic heterocycles. The zero-order valence-corrected chi connectivity index (χ0v) is 5.34. The number of aliphatic carboxylic acids is 1. The fraction of sp³-hybridized carbons (Fsp3) is 0.600. The number of hydrogen-bond acceptors (Lipinski definition) is 2. The Bertz CT molecular complexity index is 104. The van der Waals surface area contributed by atoms with Gasteiger partial charge in [-0.15, -0.1) is 0 Å². The molecule has 4 heteroatoms. The van der Waals surface area contributed by atoms with E-state index in [0.717, 1.165) is 0 Å². The molecular weight excluding hydrogens is 124 g/mol. The van der Waals surface area contributed by atoms with Crippen molar-refractivity contribution >= 4 is 11.8 Å². The zero-order valence-electron chi connectivity index (χ0n) is 5.34. The van der Waals surface area contributed by atoms with Crippen molar-refractivity contribution in [3.8, 4) is 0 Å². The van der Waals surface area contributed by atoms with Crippen LogP contribution in [-0.4, -0.2) is 22.3 Å². The molecule has 4 nitrogen and oxygen atoms in total. The maximum absolute atomic E-state index is 10.2. The standard InChI is InChI=1S/C5H8O3.H2O/c1-3(4(2)6)5(7)8;/h3H,1-2H3,(H,7,8);1H2. The maximum Gasteiger partial charge on any atom is 0.313 e. The monoisotopic (exact) mass is 134 g/mol. The van der Waals surface area contributed by atoms with Crippen LogP contribution in [0, 0.1) is 5.92 Å². The van der Waals surface area contributed by atoms with Crippen molar-refractivity contribution < 1.29 is 20.2 Å². The minimum Gasteiger partial charge on any atom is -0.481 e. The third-order valence-electron chi connectivity index (χ3n) is 0.980. The molecule has 0 amide bonds. The third kappa shape index (κ3) is 3.66. The van der Waals surface area contributed by atoms with Crippen LogP contribution in [0.1, 0.15) is 13.8 Å². The van der Waals surface area contributed by atoms with E-state index in [9.17, 15) is 9.59 Å². The van der Waals surface area contributed by atoms with Gasteiger partial charge in [0.1, 0.15) is 11.7 Å². The second-order valence-electron chi connectivity index (χ2n) is 1.67. The average molecular weight is 134 g/mol. The Labute approximate surface area is 52.8 Å². The first-order valence-corrected chi connectivity index (χ1v) is 2.29. The van der Waals surface area contributed by atoms with Gasteiger partial charge in [-0.1, -0.05) is 0 Å². The summed E-state index contributed by atoms with van der Waals surface area (Å²) in [5.41, 5.74) is 0. The predicted molar refractivity (Wildman–Crippen MR) is 31.1 cm³/mol. The van der Waals surface area contributed by atoms with Crippen LogP contribution in [0.4, 0.5) is 0 Å². The highest BCUT2D eigenvalue weighted by Gasteiger charge is 2.14. The highest BCUT2D eigenvalue weighted by atomic mass is 16.4. The van der Waals surface area contributed by atoms with E-state index in [2.05, 4.69) is 0 Å². The van der Waals surface area contributed by atoms with E-state index in [1.807, 2.05) is 0 Å². The van der Waals surface area contributed by atoms with Gasteiger partial charge in [-0.2, -0.15) is 0 Å². The van der Waals surface area contributed by atoms with Crippen LogP contribution in [0.2, 0.25) is 0 Å². The molecule has 0 bridgehead atoms. The van der Waals surface area contributed by atoms with Crippen LogP contribution in [0.15, 0.2) is 0 Å². The SMILES string of the molecule is CC(=O)C(C)C(=O)O.O. The van der Waals surface area contributed by atoms with Crippen LogP contribution in [0.5, 0.6) is 0 Å². The van der Waals surface area contributed by atoms with Crippen molar-refractivity contribution in [3.63, 3.8) is 0 Å². The molecule has 0 radical (unpaired) electrons. The molecule has 3 N–H and O–H groups in total. The van der Waals surface area contributed by atoms with Crippen molar-refractivity contribution in [3.05, 3.63) is 0 Å². The van der Waals surface area contributed by atoms with E-state index in [4.69, 9.17) is 5.11 Å². The van der Waals surface area contributed by atoms with E-state index >= 15 is 0 Å². The lowest BCUT2D eigenvalue weighted by molar-refractivity contribution is -0.144. The highest BCUT2D eigenvalue weighted by molar-refractivity contribution is 5.96. The Hall–Kier alpha value is -0.900. The number of Topliss-reactive ketones (excluding diaryl/α,β-unsaturated/α-hetero) is 1. The molecule has 0 rings (SSSR count). The summed E-state index contributed by atoms with van der Waals surface area (Å²) in [6.45, 7) is 2.63. The number of hydrogen-bond donors (Lipinski definition) is 1. The fourth-order valence-corrected chi connectivity index (χ4v) is 0.174. The molecule has 0 fully saturated rings. The van der Waals surface area contributed by atoms with Gasteiger partial charge >= 0.3 is 5.97 Å². The van der Waals surface area contributed by atoms with Crippen molar-refractivity contribution in [2.24, 2.45) is 5.92 Å². The van der Waals surface area contributed by atoms with E-state index < -0.39 is 11.9 Å². The largest absolute Gasteiger partial charge is 0.481 e. The summed E-state index contributed by atoms with van der Waals surface area (Å²) in [5, 5.41) is 8.13. The normalized spacial score (nSPS) is 11.3. The summed E-state index contributed by atoms with van der Waals surface area (Å²) in [6, 6.07) is 0. The van der Waals surface area contributed by atoms with Crippen molar-refractivity contribution in [2.45, 2.75) is 13.8 Å².